The molecule has 1 rings (SSSR count). The van der Waals surface area contributed by atoms with Crippen molar-refractivity contribution in [3.05, 3.63) is 18.2 Å². The summed E-state index contributed by atoms with van der Waals surface area (Å²) < 4.78 is 5.09. The maximum absolute atomic E-state index is 12.0. The highest BCUT2D eigenvalue weighted by Crippen LogP contribution is 2.24. The van der Waals surface area contributed by atoms with E-state index in [-0.39, 0.29) is 5.91 Å². The molecule has 0 radical (unpaired) electrons. The lowest BCUT2D eigenvalue weighted by Crippen LogP contribution is -2.29. The molecule has 1 aromatic carbocycles. The molecule has 21 heavy (non-hydrogen) atoms. The largest absolute Gasteiger partial charge is 0.497 e. The molecule has 0 spiro atoms. The predicted molar refractivity (Wildman–Crippen MR) is 87.7 cm³/mol. The third-order valence-electron chi connectivity index (χ3n) is 3.27. The number of nitrogens with zero attached hydrogens (tertiary/aromatic N) is 1. The van der Waals surface area contributed by atoms with Crippen LogP contribution in [0.3, 0.4) is 0 Å². The van der Waals surface area contributed by atoms with Crippen LogP contribution in [-0.2, 0) is 4.79 Å². The summed E-state index contributed by atoms with van der Waals surface area (Å²) in [4.78, 5) is 14.3. The number of carbonyl (C=O) groups excluding carboxylic acids is 1. The standard InChI is InChI=1S/C16H27N3O2/c1-4-9-19(10-5-2)11-8-16(20)18-15-7-6-13(21-3)12-14(15)17/h6-7,12H,4-5,8-11,17H2,1-3H3,(H,18,20). The average Bonchev–Trinajstić information content (AvgIpc) is 2.47. The van der Waals surface area contributed by atoms with Crippen LogP contribution in [0.5, 0.6) is 5.75 Å². The minimum Gasteiger partial charge on any atom is -0.497 e. The Kier molecular flexibility index (Phi) is 7.61. The second-order valence-electron chi connectivity index (χ2n) is 5.09. The van der Waals surface area contributed by atoms with E-state index < -0.39 is 0 Å². The van der Waals surface area contributed by atoms with Gasteiger partial charge in [-0.2, -0.15) is 0 Å². The summed E-state index contributed by atoms with van der Waals surface area (Å²) in [5.41, 5.74) is 7.04. The minimum absolute atomic E-state index is 0.0101. The van der Waals surface area contributed by atoms with Crippen molar-refractivity contribution in [2.75, 3.05) is 37.8 Å². The maximum Gasteiger partial charge on any atom is 0.225 e. The molecule has 0 aliphatic rings. The minimum atomic E-state index is -0.0101. The van der Waals surface area contributed by atoms with Crippen molar-refractivity contribution in [2.45, 2.75) is 33.1 Å². The van der Waals surface area contributed by atoms with Gasteiger partial charge in [-0.05, 0) is 38.1 Å². The van der Waals surface area contributed by atoms with Crippen molar-refractivity contribution in [1.29, 1.82) is 0 Å². The molecule has 0 saturated heterocycles. The number of carbonyl (C=O) groups is 1. The van der Waals surface area contributed by atoms with Gasteiger partial charge in [0, 0.05) is 19.0 Å². The summed E-state index contributed by atoms with van der Waals surface area (Å²) in [6.07, 6.45) is 2.69. The van der Waals surface area contributed by atoms with Gasteiger partial charge in [0.15, 0.2) is 0 Å². The van der Waals surface area contributed by atoms with E-state index in [0.717, 1.165) is 32.5 Å². The zero-order chi connectivity index (χ0) is 15.7. The van der Waals surface area contributed by atoms with E-state index in [4.69, 9.17) is 10.5 Å². The fourth-order valence-electron chi connectivity index (χ4n) is 2.22. The Hall–Kier alpha value is -1.75. The Morgan fingerprint density at radius 3 is 2.43 bits per heavy atom. The molecule has 0 saturated carbocycles. The molecular weight excluding hydrogens is 266 g/mol. The molecule has 3 N–H and O–H groups in total. The molecule has 0 atom stereocenters. The second-order valence-corrected chi connectivity index (χ2v) is 5.09. The number of hydrogen-bond acceptors (Lipinski definition) is 4. The van der Waals surface area contributed by atoms with Crippen LogP contribution in [-0.4, -0.2) is 37.6 Å². The molecule has 0 fully saturated rings. The van der Waals surface area contributed by atoms with Crippen LogP contribution in [0.2, 0.25) is 0 Å². The Morgan fingerprint density at radius 2 is 1.90 bits per heavy atom. The van der Waals surface area contributed by atoms with Gasteiger partial charge >= 0.3 is 0 Å². The highest BCUT2D eigenvalue weighted by Gasteiger charge is 2.09. The number of anilines is 2. The van der Waals surface area contributed by atoms with Crippen LogP contribution >= 0.6 is 0 Å². The SMILES string of the molecule is CCCN(CCC)CCC(=O)Nc1ccc(OC)cc1N. The van der Waals surface area contributed by atoms with Gasteiger partial charge in [-0.1, -0.05) is 13.8 Å². The second kappa shape index (κ2) is 9.23. The van der Waals surface area contributed by atoms with Crippen molar-refractivity contribution < 1.29 is 9.53 Å². The Bertz CT molecular complexity index is 443. The number of benzene rings is 1. The number of nitrogens with two attached hydrogens (primary N) is 1. The van der Waals surface area contributed by atoms with Crippen LogP contribution in [0, 0.1) is 0 Å². The van der Waals surface area contributed by atoms with E-state index in [9.17, 15) is 4.79 Å². The van der Waals surface area contributed by atoms with Gasteiger partial charge in [0.25, 0.3) is 0 Å². The molecule has 1 amide bonds. The molecule has 0 aliphatic heterocycles. The number of methoxy groups -OCH3 is 1. The first-order valence-electron chi connectivity index (χ1n) is 7.56. The molecule has 0 aromatic heterocycles. The third-order valence-corrected chi connectivity index (χ3v) is 3.27. The van der Waals surface area contributed by atoms with Gasteiger partial charge in [0.05, 0.1) is 18.5 Å². The predicted octanol–water partition coefficient (Wildman–Crippen LogP) is 2.73. The summed E-state index contributed by atoms with van der Waals surface area (Å²) >= 11 is 0. The Morgan fingerprint density at radius 1 is 1.24 bits per heavy atom. The molecule has 0 heterocycles. The van der Waals surface area contributed by atoms with E-state index in [1.54, 1.807) is 25.3 Å². The van der Waals surface area contributed by atoms with Crippen molar-refractivity contribution in [3.63, 3.8) is 0 Å². The first kappa shape index (κ1) is 17.3. The highest BCUT2D eigenvalue weighted by molar-refractivity contribution is 5.94. The summed E-state index contributed by atoms with van der Waals surface area (Å²) in [5, 5.41) is 2.85. The monoisotopic (exact) mass is 293 g/mol. The number of hydrogen-bond donors (Lipinski definition) is 2. The van der Waals surface area contributed by atoms with E-state index in [1.807, 2.05) is 0 Å². The van der Waals surface area contributed by atoms with E-state index >= 15 is 0 Å². The summed E-state index contributed by atoms with van der Waals surface area (Å²) in [6, 6.07) is 5.25. The van der Waals surface area contributed by atoms with E-state index in [1.165, 1.54) is 0 Å². The Labute approximate surface area is 127 Å². The fourth-order valence-corrected chi connectivity index (χ4v) is 2.22. The normalized spacial score (nSPS) is 10.7. The number of rotatable bonds is 9. The van der Waals surface area contributed by atoms with Crippen LogP contribution in [0.15, 0.2) is 18.2 Å². The summed E-state index contributed by atoms with van der Waals surface area (Å²) in [7, 11) is 1.59. The van der Waals surface area contributed by atoms with Crippen LogP contribution in [0.25, 0.3) is 0 Å². The van der Waals surface area contributed by atoms with E-state index in [2.05, 4.69) is 24.1 Å². The lowest BCUT2D eigenvalue weighted by Gasteiger charge is -2.20. The van der Waals surface area contributed by atoms with Gasteiger partial charge < -0.3 is 20.7 Å². The fraction of sp³-hybridized carbons (Fsp3) is 0.562. The van der Waals surface area contributed by atoms with Crippen molar-refractivity contribution in [3.8, 4) is 5.75 Å². The number of ether oxygens (including phenoxy) is 1. The Balaban J connectivity index is 2.49. The first-order valence-corrected chi connectivity index (χ1v) is 7.56. The molecule has 0 bridgehead atoms. The quantitative estimate of drug-likeness (QED) is 0.687. The molecule has 0 aliphatic carbocycles. The van der Waals surface area contributed by atoms with Crippen LogP contribution in [0.4, 0.5) is 11.4 Å². The third kappa shape index (κ3) is 6.04. The molecular formula is C16H27N3O2. The summed E-state index contributed by atoms with van der Waals surface area (Å²) in [6.45, 7) is 7.16. The number of nitrogen functional groups attached to an aromatic ring is 1. The molecule has 1 aromatic rings. The van der Waals surface area contributed by atoms with Gasteiger partial charge in [0.2, 0.25) is 5.91 Å². The highest BCUT2D eigenvalue weighted by atomic mass is 16.5. The first-order chi connectivity index (χ1) is 10.1. The number of nitrogens with one attached hydrogen (secondary N) is 1. The van der Waals surface area contributed by atoms with Crippen molar-refractivity contribution >= 4 is 17.3 Å². The molecule has 5 heteroatoms. The smallest absolute Gasteiger partial charge is 0.225 e. The van der Waals surface area contributed by atoms with Crippen molar-refractivity contribution in [1.82, 2.24) is 4.90 Å². The molecule has 0 unspecified atom stereocenters. The van der Waals surface area contributed by atoms with Gasteiger partial charge in [-0.25, -0.2) is 0 Å². The topological polar surface area (TPSA) is 67.6 Å². The van der Waals surface area contributed by atoms with E-state index in [0.29, 0.717) is 23.5 Å². The molecule has 5 nitrogen and oxygen atoms in total. The molecule has 118 valence electrons. The van der Waals surface area contributed by atoms with Gasteiger partial charge in [-0.15, -0.1) is 0 Å². The van der Waals surface area contributed by atoms with Gasteiger partial charge in [-0.3, -0.25) is 4.79 Å². The zero-order valence-corrected chi connectivity index (χ0v) is 13.3. The van der Waals surface area contributed by atoms with Gasteiger partial charge in [0.1, 0.15) is 5.75 Å². The van der Waals surface area contributed by atoms with Crippen molar-refractivity contribution in [2.24, 2.45) is 0 Å². The van der Waals surface area contributed by atoms with Crippen LogP contribution < -0.4 is 15.8 Å². The maximum atomic E-state index is 12.0. The lowest BCUT2D eigenvalue weighted by molar-refractivity contribution is -0.116. The zero-order valence-electron chi connectivity index (χ0n) is 13.3. The lowest BCUT2D eigenvalue weighted by atomic mass is 10.2. The number of amides is 1. The van der Waals surface area contributed by atoms with Crippen LogP contribution in [0.1, 0.15) is 33.1 Å². The average molecular weight is 293 g/mol. The summed E-state index contributed by atoms with van der Waals surface area (Å²) in [5.74, 6) is 0.673.